The van der Waals surface area contributed by atoms with Crippen LogP contribution >= 0.6 is 0 Å². The van der Waals surface area contributed by atoms with Crippen molar-refractivity contribution >= 4 is 50.3 Å². The minimum Gasteiger partial charge on any atom is -0.455 e. The highest BCUT2D eigenvalue weighted by atomic mass is 16.5. The van der Waals surface area contributed by atoms with E-state index in [0.29, 0.717) is 11.3 Å². The summed E-state index contributed by atoms with van der Waals surface area (Å²) < 4.78 is 7.37. The number of para-hydroxylation sites is 2. The van der Waals surface area contributed by atoms with E-state index in [4.69, 9.17) is 14.7 Å². The lowest BCUT2D eigenvalue weighted by atomic mass is 9.53. The number of nitrogens with one attached hydrogen (secondary N) is 3. The molecule has 5 aromatic rings. The predicted octanol–water partition coefficient (Wildman–Crippen LogP) is 14.5. The van der Waals surface area contributed by atoms with E-state index in [2.05, 4.69) is 127 Å². The molecule has 7 heteroatoms. The second-order valence-corrected chi connectivity index (χ2v) is 21.0. The lowest BCUT2D eigenvalue weighted by molar-refractivity contribution is -0.0167. The fourth-order valence-corrected chi connectivity index (χ4v) is 13.9. The van der Waals surface area contributed by atoms with Gasteiger partial charge in [-0.15, -0.1) is 0 Å². The standard InChI is InChI=1S/C58H65N5O2/c1-11-37-30(5)45-24-46-31(6)38(12-2)48(60-46)26-50-40(14-4)33(8)53(62-50)51(52-32(7)39(13-3)49(61-52)25-47(37)59-45)41-17-15-19-43-54(41)65-55-42(18-16-20-44(55)57(43,9)10)56(64)63-58-27-34-21-35(28-58)23-36(22-34)29-58/h15-20,24-26,34-36,59,62H,11-14,21-23,27-29H2,1-10H3,(H,63,64). The van der Waals surface area contributed by atoms with Crippen molar-refractivity contribution in [3.63, 3.8) is 0 Å². The van der Waals surface area contributed by atoms with E-state index in [1.54, 1.807) is 0 Å². The molecule has 7 nitrogen and oxygen atoms in total. The quantitative estimate of drug-likeness (QED) is 0.152. The van der Waals surface area contributed by atoms with Gasteiger partial charge in [0, 0.05) is 49.8 Å². The minimum atomic E-state index is -0.457. The predicted molar refractivity (Wildman–Crippen MR) is 267 cm³/mol. The Morgan fingerprint density at radius 1 is 0.677 bits per heavy atom. The van der Waals surface area contributed by atoms with E-state index >= 15 is 0 Å². The molecule has 3 N–H and O–H groups in total. The fourth-order valence-electron chi connectivity index (χ4n) is 13.9. The number of aromatic nitrogens is 4. The Hall–Kier alpha value is -5.69. The van der Waals surface area contributed by atoms with Crippen molar-refractivity contribution in [1.82, 2.24) is 25.3 Å². The van der Waals surface area contributed by atoms with Gasteiger partial charge in [-0.05, 0) is 178 Å². The van der Waals surface area contributed by atoms with Crippen LogP contribution in [0.15, 0.2) is 54.6 Å². The molecular formula is C58H65N5O2. The molecule has 4 saturated carbocycles. The number of benzene rings is 2. The van der Waals surface area contributed by atoms with Gasteiger partial charge in [-0.1, -0.05) is 71.9 Å². The number of aromatic amines is 2. The number of carbonyl (C=O) groups excluding carboxylic acids is 1. The highest BCUT2D eigenvalue weighted by Gasteiger charge is 2.52. The number of carbonyl (C=O) groups is 1. The Labute approximate surface area is 384 Å². The third-order valence-electron chi connectivity index (χ3n) is 16.9. The Morgan fingerprint density at radius 2 is 1.25 bits per heavy atom. The van der Waals surface area contributed by atoms with Crippen LogP contribution in [0, 0.1) is 31.6 Å². The number of hydrogen-bond acceptors (Lipinski definition) is 4. The zero-order valence-electron chi connectivity index (χ0n) is 40.2. The maximum absolute atomic E-state index is 14.8. The molecule has 4 fully saturated rings. The molecule has 4 aliphatic carbocycles. The van der Waals surface area contributed by atoms with Crippen LogP contribution in [0.25, 0.3) is 55.5 Å². The maximum Gasteiger partial charge on any atom is 0.255 e. The van der Waals surface area contributed by atoms with E-state index < -0.39 is 5.41 Å². The molecule has 65 heavy (non-hydrogen) atoms. The maximum atomic E-state index is 14.8. The van der Waals surface area contributed by atoms with Crippen molar-refractivity contribution < 1.29 is 9.53 Å². The van der Waals surface area contributed by atoms with Gasteiger partial charge in [0.05, 0.1) is 33.9 Å². The van der Waals surface area contributed by atoms with Gasteiger partial charge in [-0.2, -0.15) is 0 Å². The van der Waals surface area contributed by atoms with Crippen molar-refractivity contribution in [1.29, 1.82) is 0 Å². The number of nitrogens with zero attached hydrogens (tertiary/aromatic N) is 2. The molecule has 3 aliphatic heterocycles. The average Bonchev–Trinajstić information content (AvgIpc) is 3.95. The summed E-state index contributed by atoms with van der Waals surface area (Å²) in [5.41, 5.74) is 22.3. The summed E-state index contributed by atoms with van der Waals surface area (Å²) in [5, 5.41) is 3.69. The van der Waals surface area contributed by atoms with Gasteiger partial charge >= 0.3 is 0 Å². The number of allylic oxidation sites excluding steroid dienone is 4. The first-order valence-electron chi connectivity index (χ1n) is 24.7. The van der Waals surface area contributed by atoms with Crippen LogP contribution in [-0.4, -0.2) is 31.4 Å². The Balaban J connectivity index is 1.18. The molecule has 12 bridgehead atoms. The van der Waals surface area contributed by atoms with Crippen LogP contribution in [0.1, 0.15) is 173 Å². The monoisotopic (exact) mass is 864 g/mol. The van der Waals surface area contributed by atoms with Crippen LogP contribution in [0.5, 0.6) is 11.5 Å². The Morgan fingerprint density at radius 3 is 1.89 bits per heavy atom. The smallest absolute Gasteiger partial charge is 0.255 e. The van der Waals surface area contributed by atoms with E-state index in [1.807, 2.05) is 12.1 Å². The van der Waals surface area contributed by atoms with Gasteiger partial charge in [-0.3, -0.25) is 4.79 Å². The first-order valence-corrected chi connectivity index (χ1v) is 24.7. The number of rotatable bonds is 7. The van der Waals surface area contributed by atoms with E-state index in [-0.39, 0.29) is 11.4 Å². The molecule has 0 atom stereocenters. The molecule has 0 saturated heterocycles. The molecule has 7 aliphatic rings. The molecule has 12 rings (SSSR count). The highest BCUT2D eigenvalue weighted by Crippen LogP contribution is 2.57. The summed E-state index contributed by atoms with van der Waals surface area (Å²) in [5.74, 6) is 3.64. The zero-order valence-corrected chi connectivity index (χ0v) is 40.2. The summed E-state index contributed by atoms with van der Waals surface area (Å²) in [6.07, 6.45) is 10.8. The lowest BCUT2D eigenvalue weighted by Gasteiger charge is -2.56. The largest absolute Gasteiger partial charge is 0.455 e. The molecule has 6 heterocycles. The molecular weight excluding hydrogens is 799 g/mol. The third kappa shape index (κ3) is 6.37. The molecule has 2 aromatic carbocycles. The SMILES string of the molecule is CCC1=C(C)c2cc3[nH]c(cc4nc(c(-c5cccc6c5Oc5c(C(=O)NC78CC9CC(CC(C9)C7)C8)cccc5C6(C)C)c5[nH]c(cc1n2)c(CC)c5C)C(C)=C4CC)c(CC)c3C. The zero-order chi connectivity index (χ0) is 45.3. The van der Waals surface area contributed by atoms with Gasteiger partial charge < -0.3 is 20.0 Å². The molecule has 1 amide bonds. The first kappa shape index (κ1) is 42.0. The van der Waals surface area contributed by atoms with E-state index in [9.17, 15) is 4.79 Å². The van der Waals surface area contributed by atoms with Gasteiger partial charge in [0.25, 0.3) is 5.91 Å². The van der Waals surface area contributed by atoms with E-state index in [1.165, 1.54) is 63.8 Å². The van der Waals surface area contributed by atoms with Gasteiger partial charge in [0.15, 0.2) is 0 Å². The molecule has 3 aromatic heterocycles. The van der Waals surface area contributed by atoms with Crippen molar-refractivity contribution in [2.75, 3.05) is 0 Å². The Bertz CT molecular complexity index is 3080. The topological polar surface area (TPSA) is 95.7 Å². The number of amides is 1. The van der Waals surface area contributed by atoms with Crippen molar-refractivity contribution in [2.24, 2.45) is 17.8 Å². The number of hydrogen-bond donors (Lipinski definition) is 3. The number of aryl methyl sites for hydroxylation is 4. The van der Waals surface area contributed by atoms with E-state index in [0.717, 1.165) is 136 Å². The second kappa shape index (κ2) is 15.2. The summed E-state index contributed by atoms with van der Waals surface area (Å²) in [4.78, 5) is 33.7. The molecule has 334 valence electrons. The fraction of sp³-hybridized carbons (Fsp3) is 0.431. The van der Waals surface area contributed by atoms with Crippen molar-refractivity contribution in [3.8, 4) is 22.6 Å². The second-order valence-electron chi connectivity index (χ2n) is 21.0. The van der Waals surface area contributed by atoms with Gasteiger partial charge in [-0.25, -0.2) is 9.97 Å². The molecule has 0 unspecified atom stereocenters. The minimum absolute atomic E-state index is 0.00934. The van der Waals surface area contributed by atoms with Crippen LogP contribution in [-0.2, 0) is 18.3 Å². The van der Waals surface area contributed by atoms with Crippen LogP contribution < -0.4 is 10.1 Å². The van der Waals surface area contributed by atoms with Crippen molar-refractivity contribution in [3.05, 3.63) is 116 Å². The number of H-pyrrole nitrogens is 2. The summed E-state index contributed by atoms with van der Waals surface area (Å²) in [6.45, 7) is 22.5. The normalized spacial score (nSPS) is 22.6. The third-order valence-corrected chi connectivity index (χ3v) is 16.9. The molecule has 0 spiro atoms. The average molecular weight is 864 g/mol. The first-order chi connectivity index (χ1) is 31.3. The lowest BCUT2D eigenvalue weighted by Crippen LogP contribution is -2.59. The van der Waals surface area contributed by atoms with Crippen LogP contribution in [0.3, 0.4) is 0 Å². The number of fused-ring (bicyclic) bond motifs is 10. The van der Waals surface area contributed by atoms with Crippen LogP contribution in [0.4, 0.5) is 0 Å². The van der Waals surface area contributed by atoms with Crippen LogP contribution in [0.2, 0.25) is 0 Å². The Kier molecular flexibility index (Phi) is 9.81. The van der Waals surface area contributed by atoms with Gasteiger partial charge in [0.1, 0.15) is 11.5 Å². The number of ether oxygens (including phenoxy) is 1. The summed E-state index contributed by atoms with van der Waals surface area (Å²) in [7, 11) is 0. The highest BCUT2D eigenvalue weighted by molar-refractivity contribution is 6.03. The van der Waals surface area contributed by atoms with Gasteiger partial charge in [0.2, 0.25) is 0 Å². The summed E-state index contributed by atoms with van der Waals surface area (Å²) >= 11 is 0. The molecule has 0 radical (unpaired) electrons. The summed E-state index contributed by atoms with van der Waals surface area (Å²) in [6, 6.07) is 19.6. The van der Waals surface area contributed by atoms with Crippen molar-refractivity contribution in [2.45, 2.75) is 144 Å².